The second-order valence-corrected chi connectivity index (χ2v) is 4.60. The molecule has 3 heteroatoms. The SMILES string of the molecule is CCC(N)Cc1ccc(N(C)C(C)C)nc1. The highest BCUT2D eigenvalue weighted by atomic mass is 15.2. The van der Waals surface area contributed by atoms with E-state index in [2.05, 4.69) is 49.8 Å². The molecule has 0 aliphatic carbocycles. The Balaban J connectivity index is 2.68. The third kappa shape index (κ3) is 3.49. The number of nitrogens with two attached hydrogens (primary N) is 1. The highest BCUT2D eigenvalue weighted by molar-refractivity contribution is 5.39. The van der Waals surface area contributed by atoms with Gasteiger partial charge in [-0.1, -0.05) is 13.0 Å². The monoisotopic (exact) mass is 221 g/mol. The Hall–Kier alpha value is -1.09. The van der Waals surface area contributed by atoms with Gasteiger partial charge in [0.25, 0.3) is 0 Å². The number of hydrogen-bond donors (Lipinski definition) is 1. The molecule has 0 bridgehead atoms. The predicted octanol–water partition coefficient (Wildman–Crippen LogP) is 2.21. The van der Waals surface area contributed by atoms with Crippen molar-refractivity contribution in [2.24, 2.45) is 5.73 Å². The minimum atomic E-state index is 0.246. The molecule has 0 amide bonds. The van der Waals surface area contributed by atoms with Crippen molar-refractivity contribution in [3.8, 4) is 0 Å². The molecule has 0 aliphatic rings. The predicted molar refractivity (Wildman–Crippen MR) is 69.7 cm³/mol. The smallest absolute Gasteiger partial charge is 0.128 e. The van der Waals surface area contributed by atoms with Gasteiger partial charge in [-0.3, -0.25) is 0 Å². The van der Waals surface area contributed by atoms with Crippen LogP contribution >= 0.6 is 0 Å². The Labute approximate surface area is 98.7 Å². The van der Waals surface area contributed by atoms with Crippen LogP contribution in [-0.4, -0.2) is 24.1 Å². The molecule has 1 atom stereocenters. The van der Waals surface area contributed by atoms with Gasteiger partial charge in [-0.05, 0) is 38.3 Å². The number of aromatic nitrogens is 1. The first-order chi connectivity index (χ1) is 7.54. The standard InChI is InChI=1S/C13H23N3/c1-5-12(14)8-11-6-7-13(15-9-11)16(4)10(2)3/h6-7,9-10,12H,5,8,14H2,1-4H3. The van der Waals surface area contributed by atoms with Crippen molar-refractivity contribution in [3.05, 3.63) is 23.9 Å². The largest absolute Gasteiger partial charge is 0.357 e. The van der Waals surface area contributed by atoms with Gasteiger partial charge in [0, 0.05) is 25.3 Å². The van der Waals surface area contributed by atoms with Crippen molar-refractivity contribution >= 4 is 5.82 Å². The van der Waals surface area contributed by atoms with E-state index in [0.717, 1.165) is 18.7 Å². The lowest BCUT2D eigenvalue weighted by Gasteiger charge is -2.22. The van der Waals surface area contributed by atoms with E-state index in [-0.39, 0.29) is 6.04 Å². The van der Waals surface area contributed by atoms with Crippen LogP contribution in [0.4, 0.5) is 5.82 Å². The molecule has 1 heterocycles. The van der Waals surface area contributed by atoms with E-state index < -0.39 is 0 Å². The number of anilines is 1. The van der Waals surface area contributed by atoms with E-state index in [0.29, 0.717) is 6.04 Å². The average Bonchev–Trinajstić information content (AvgIpc) is 2.28. The lowest BCUT2D eigenvalue weighted by Crippen LogP contribution is -2.26. The zero-order valence-electron chi connectivity index (χ0n) is 10.8. The molecule has 3 nitrogen and oxygen atoms in total. The summed E-state index contributed by atoms with van der Waals surface area (Å²) >= 11 is 0. The second-order valence-electron chi connectivity index (χ2n) is 4.60. The molecule has 1 rings (SSSR count). The van der Waals surface area contributed by atoms with Gasteiger partial charge in [0.2, 0.25) is 0 Å². The number of pyridine rings is 1. The molecule has 0 aromatic carbocycles. The van der Waals surface area contributed by atoms with Crippen molar-refractivity contribution in [2.75, 3.05) is 11.9 Å². The fourth-order valence-electron chi connectivity index (χ4n) is 1.46. The Bertz CT molecular complexity index is 305. The van der Waals surface area contributed by atoms with Crippen molar-refractivity contribution in [2.45, 2.75) is 45.7 Å². The number of nitrogens with zero attached hydrogens (tertiary/aromatic N) is 2. The molecular weight excluding hydrogens is 198 g/mol. The van der Waals surface area contributed by atoms with Crippen LogP contribution in [0.5, 0.6) is 0 Å². The molecule has 1 aromatic rings. The summed E-state index contributed by atoms with van der Waals surface area (Å²) in [7, 11) is 2.06. The molecule has 2 N–H and O–H groups in total. The fourth-order valence-corrected chi connectivity index (χ4v) is 1.46. The molecule has 0 radical (unpaired) electrons. The topological polar surface area (TPSA) is 42.1 Å². The van der Waals surface area contributed by atoms with Gasteiger partial charge in [0.15, 0.2) is 0 Å². The normalized spacial score (nSPS) is 12.9. The summed E-state index contributed by atoms with van der Waals surface area (Å²) in [6.45, 7) is 6.42. The van der Waals surface area contributed by atoms with Gasteiger partial charge in [0.1, 0.15) is 5.82 Å². The first kappa shape index (κ1) is 13.0. The van der Waals surface area contributed by atoms with Crippen LogP contribution in [0.2, 0.25) is 0 Å². The van der Waals surface area contributed by atoms with E-state index in [9.17, 15) is 0 Å². The zero-order valence-corrected chi connectivity index (χ0v) is 10.8. The van der Waals surface area contributed by atoms with Crippen LogP contribution in [0.15, 0.2) is 18.3 Å². The quantitative estimate of drug-likeness (QED) is 0.829. The maximum atomic E-state index is 5.91. The van der Waals surface area contributed by atoms with Gasteiger partial charge in [-0.15, -0.1) is 0 Å². The highest BCUT2D eigenvalue weighted by Gasteiger charge is 2.07. The lowest BCUT2D eigenvalue weighted by atomic mass is 10.1. The van der Waals surface area contributed by atoms with Crippen LogP contribution in [0.25, 0.3) is 0 Å². The molecule has 0 spiro atoms. The van der Waals surface area contributed by atoms with Crippen LogP contribution in [0.3, 0.4) is 0 Å². The van der Waals surface area contributed by atoms with E-state index in [1.165, 1.54) is 5.56 Å². The molecular formula is C13H23N3. The Morgan fingerprint density at radius 1 is 1.38 bits per heavy atom. The van der Waals surface area contributed by atoms with Crippen LogP contribution in [-0.2, 0) is 6.42 Å². The molecule has 90 valence electrons. The van der Waals surface area contributed by atoms with E-state index in [4.69, 9.17) is 5.73 Å². The minimum Gasteiger partial charge on any atom is -0.357 e. The molecule has 0 fully saturated rings. The summed E-state index contributed by atoms with van der Waals surface area (Å²) in [6.07, 6.45) is 3.85. The Morgan fingerprint density at radius 2 is 2.06 bits per heavy atom. The van der Waals surface area contributed by atoms with Gasteiger partial charge in [-0.25, -0.2) is 4.98 Å². The van der Waals surface area contributed by atoms with Gasteiger partial charge < -0.3 is 10.6 Å². The average molecular weight is 221 g/mol. The summed E-state index contributed by atoms with van der Waals surface area (Å²) in [4.78, 5) is 6.61. The summed E-state index contributed by atoms with van der Waals surface area (Å²) in [5.41, 5.74) is 7.13. The summed E-state index contributed by atoms with van der Waals surface area (Å²) in [6, 6.07) is 4.90. The van der Waals surface area contributed by atoms with Crippen LogP contribution in [0, 0.1) is 0 Å². The summed E-state index contributed by atoms with van der Waals surface area (Å²) in [5, 5.41) is 0. The van der Waals surface area contributed by atoms with Gasteiger partial charge in [-0.2, -0.15) is 0 Å². The van der Waals surface area contributed by atoms with Crippen molar-refractivity contribution in [3.63, 3.8) is 0 Å². The maximum absolute atomic E-state index is 5.91. The Kier molecular flexibility index (Phi) is 4.74. The van der Waals surface area contributed by atoms with E-state index >= 15 is 0 Å². The Morgan fingerprint density at radius 3 is 2.50 bits per heavy atom. The van der Waals surface area contributed by atoms with Gasteiger partial charge in [0.05, 0.1) is 0 Å². The van der Waals surface area contributed by atoms with Crippen molar-refractivity contribution < 1.29 is 0 Å². The second kappa shape index (κ2) is 5.85. The minimum absolute atomic E-state index is 0.246. The molecule has 0 aliphatic heterocycles. The molecule has 0 saturated heterocycles. The first-order valence-corrected chi connectivity index (χ1v) is 5.98. The number of rotatable bonds is 5. The summed E-state index contributed by atoms with van der Waals surface area (Å²) < 4.78 is 0. The molecule has 1 unspecified atom stereocenters. The highest BCUT2D eigenvalue weighted by Crippen LogP contribution is 2.13. The molecule has 0 saturated carbocycles. The van der Waals surface area contributed by atoms with Crippen LogP contribution < -0.4 is 10.6 Å². The van der Waals surface area contributed by atoms with E-state index in [1.807, 2.05) is 6.20 Å². The lowest BCUT2D eigenvalue weighted by molar-refractivity contribution is 0.644. The third-order valence-electron chi connectivity index (χ3n) is 2.97. The number of hydrogen-bond acceptors (Lipinski definition) is 3. The first-order valence-electron chi connectivity index (χ1n) is 5.98. The molecule has 1 aromatic heterocycles. The van der Waals surface area contributed by atoms with Gasteiger partial charge >= 0.3 is 0 Å². The van der Waals surface area contributed by atoms with Crippen LogP contribution in [0.1, 0.15) is 32.8 Å². The molecule has 16 heavy (non-hydrogen) atoms. The van der Waals surface area contributed by atoms with Crippen molar-refractivity contribution in [1.82, 2.24) is 4.98 Å². The van der Waals surface area contributed by atoms with E-state index in [1.54, 1.807) is 0 Å². The van der Waals surface area contributed by atoms with Crippen molar-refractivity contribution in [1.29, 1.82) is 0 Å². The zero-order chi connectivity index (χ0) is 12.1. The third-order valence-corrected chi connectivity index (χ3v) is 2.97. The fraction of sp³-hybridized carbons (Fsp3) is 0.615. The maximum Gasteiger partial charge on any atom is 0.128 e. The summed E-state index contributed by atoms with van der Waals surface area (Å²) in [5.74, 6) is 1.02.